The van der Waals surface area contributed by atoms with Gasteiger partial charge in [-0.1, -0.05) is 35.2 Å². The minimum Gasteiger partial charge on any atom is -0.382 e. The van der Waals surface area contributed by atoms with E-state index >= 15 is 0 Å². The Morgan fingerprint density at radius 3 is 2.61 bits per heavy atom. The van der Waals surface area contributed by atoms with E-state index in [0.29, 0.717) is 17.6 Å². The molecule has 1 heterocycles. The Hall–Kier alpha value is -2.98. The Balaban J connectivity index is 1.75. The highest BCUT2D eigenvalue weighted by Crippen LogP contribution is 2.19. The van der Waals surface area contributed by atoms with E-state index in [9.17, 15) is 13.2 Å². The third-order valence-corrected chi connectivity index (χ3v) is 5.91. The Morgan fingerprint density at radius 2 is 1.93 bits per heavy atom. The number of nitrogens with one attached hydrogen (secondary N) is 1. The fourth-order valence-corrected chi connectivity index (χ4v) is 3.38. The normalized spacial score (nSPS) is 12.9. The number of hydrogen-bond donors (Lipinski definition) is 1. The van der Waals surface area contributed by atoms with Gasteiger partial charge in [0, 0.05) is 20.6 Å². The third-order valence-electron chi connectivity index (χ3n) is 4.10. The number of nitrogens with zero attached hydrogens (tertiary/aromatic N) is 4. The predicted octanol–water partition coefficient (Wildman–Crippen LogP) is 0.815. The molecule has 3 aromatic rings. The van der Waals surface area contributed by atoms with E-state index < -0.39 is 16.1 Å². The first-order chi connectivity index (χ1) is 13.3. The molecule has 10 heteroatoms. The molecular formula is C18H21N5O4S. The molecule has 148 valence electrons. The van der Waals surface area contributed by atoms with Gasteiger partial charge in [-0.05, 0) is 35.9 Å². The maximum atomic E-state index is 12.3. The Bertz CT molecular complexity index is 1080. The summed E-state index contributed by atoms with van der Waals surface area (Å²) in [6, 6.07) is 13.9. The van der Waals surface area contributed by atoms with Crippen molar-refractivity contribution < 1.29 is 18.0 Å². The highest BCUT2D eigenvalue weighted by atomic mass is 32.2. The Morgan fingerprint density at radius 1 is 1.21 bits per heavy atom. The molecule has 0 aliphatic carbocycles. The van der Waals surface area contributed by atoms with Gasteiger partial charge < -0.3 is 10.2 Å². The number of amides is 1. The van der Waals surface area contributed by atoms with E-state index in [0.717, 1.165) is 14.7 Å². The average molecular weight is 403 g/mol. The SMILES string of the molecule is C[C@H](On1nnc2ccc(S(=O)(=O)N(C)C)cc21)C(=O)NCc1ccccc1. The molecule has 1 N–H and O–H groups in total. The maximum absolute atomic E-state index is 12.3. The summed E-state index contributed by atoms with van der Waals surface area (Å²) in [6.07, 6.45) is -0.859. The zero-order valence-electron chi connectivity index (χ0n) is 15.7. The first-order valence-electron chi connectivity index (χ1n) is 8.56. The van der Waals surface area contributed by atoms with Crippen LogP contribution in [0.25, 0.3) is 11.0 Å². The second kappa shape index (κ2) is 7.95. The van der Waals surface area contributed by atoms with Crippen molar-refractivity contribution in [3.05, 3.63) is 54.1 Å². The van der Waals surface area contributed by atoms with Gasteiger partial charge in [0.1, 0.15) is 11.0 Å². The summed E-state index contributed by atoms with van der Waals surface area (Å²) in [6.45, 7) is 1.95. The van der Waals surface area contributed by atoms with Crippen LogP contribution < -0.4 is 10.2 Å². The molecule has 1 amide bonds. The summed E-state index contributed by atoms with van der Waals surface area (Å²) < 4.78 is 25.8. The number of carbonyl (C=O) groups excluding carboxylic acids is 1. The number of carbonyl (C=O) groups is 1. The molecule has 28 heavy (non-hydrogen) atoms. The van der Waals surface area contributed by atoms with Gasteiger partial charge in [-0.15, -0.1) is 5.10 Å². The summed E-state index contributed by atoms with van der Waals surface area (Å²) in [5, 5.41) is 10.6. The van der Waals surface area contributed by atoms with Crippen LogP contribution in [-0.4, -0.2) is 54.0 Å². The van der Waals surface area contributed by atoms with Crippen LogP contribution in [0.1, 0.15) is 12.5 Å². The molecule has 1 aromatic heterocycles. The van der Waals surface area contributed by atoms with Gasteiger partial charge >= 0.3 is 0 Å². The summed E-state index contributed by atoms with van der Waals surface area (Å²) in [5.41, 5.74) is 1.77. The van der Waals surface area contributed by atoms with Crippen LogP contribution in [0.3, 0.4) is 0 Å². The summed E-state index contributed by atoms with van der Waals surface area (Å²) in [7, 11) is -0.719. The molecule has 0 saturated carbocycles. The quantitative estimate of drug-likeness (QED) is 0.626. The molecule has 0 unspecified atom stereocenters. The predicted molar refractivity (Wildman–Crippen MR) is 103 cm³/mol. The largest absolute Gasteiger partial charge is 0.382 e. The van der Waals surface area contributed by atoms with Crippen molar-refractivity contribution in [3.8, 4) is 0 Å². The number of benzene rings is 2. The van der Waals surface area contributed by atoms with Crippen molar-refractivity contribution in [2.75, 3.05) is 14.1 Å². The highest BCUT2D eigenvalue weighted by Gasteiger charge is 2.21. The van der Waals surface area contributed by atoms with Gasteiger partial charge in [0.2, 0.25) is 16.1 Å². The zero-order chi connectivity index (χ0) is 20.3. The van der Waals surface area contributed by atoms with Crippen LogP contribution in [0.5, 0.6) is 0 Å². The van der Waals surface area contributed by atoms with E-state index in [2.05, 4.69) is 15.6 Å². The van der Waals surface area contributed by atoms with Crippen LogP contribution in [0.2, 0.25) is 0 Å². The number of fused-ring (bicyclic) bond motifs is 1. The summed E-state index contributed by atoms with van der Waals surface area (Å²) in [4.78, 5) is 19.0. The Labute approximate surface area is 162 Å². The van der Waals surface area contributed by atoms with Crippen LogP contribution in [0.15, 0.2) is 53.4 Å². The number of sulfonamides is 1. The fraction of sp³-hybridized carbons (Fsp3) is 0.278. The Kier molecular flexibility index (Phi) is 5.61. The van der Waals surface area contributed by atoms with Gasteiger partial charge in [-0.25, -0.2) is 12.7 Å². The summed E-state index contributed by atoms with van der Waals surface area (Å²) >= 11 is 0. The van der Waals surface area contributed by atoms with Crippen molar-refractivity contribution in [2.45, 2.75) is 24.5 Å². The number of aromatic nitrogens is 3. The molecule has 0 bridgehead atoms. The lowest BCUT2D eigenvalue weighted by Gasteiger charge is -2.14. The second-order valence-electron chi connectivity index (χ2n) is 6.35. The monoisotopic (exact) mass is 403 g/mol. The van der Waals surface area contributed by atoms with E-state index in [4.69, 9.17) is 4.84 Å². The van der Waals surface area contributed by atoms with Gasteiger partial charge in [0.05, 0.1) is 4.90 Å². The van der Waals surface area contributed by atoms with Gasteiger partial charge in [0.25, 0.3) is 5.91 Å². The number of rotatable bonds is 7. The first kappa shape index (κ1) is 19.8. The molecule has 9 nitrogen and oxygen atoms in total. The van der Waals surface area contributed by atoms with Crippen molar-refractivity contribution >= 4 is 27.0 Å². The van der Waals surface area contributed by atoms with Crippen LogP contribution in [-0.2, 0) is 21.4 Å². The average Bonchev–Trinajstić information content (AvgIpc) is 3.08. The first-order valence-corrected chi connectivity index (χ1v) is 10.00. The topological polar surface area (TPSA) is 106 Å². The van der Waals surface area contributed by atoms with Crippen LogP contribution in [0.4, 0.5) is 0 Å². The maximum Gasteiger partial charge on any atom is 0.263 e. The molecule has 3 rings (SSSR count). The lowest BCUT2D eigenvalue weighted by Crippen LogP contribution is -2.39. The van der Waals surface area contributed by atoms with Crippen molar-refractivity contribution in [1.82, 2.24) is 24.8 Å². The molecule has 0 spiro atoms. The van der Waals surface area contributed by atoms with Crippen molar-refractivity contribution in [3.63, 3.8) is 0 Å². The van der Waals surface area contributed by atoms with E-state index in [1.165, 1.54) is 26.2 Å². The van der Waals surface area contributed by atoms with Gasteiger partial charge in [-0.3, -0.25) is 4.79 Å². The molecular weight excluding hydrogens is 382 g/mol. The summed E-state index contributed by atoms with van der Waals surface area (Å²) in [5.74, 6) is -0.329. The lowest BCUT2D eigenvalue weighted by atomic mass is 10.2. The van der Waals surface area contributed by atoms with Crippen LogP contribution >= 0.6 is 0 Å². The molecule has 0 aliphatic heterocycles. The van der Waals surface area contributed by atoms with E-state index in [1.54, 1.807) is 13.0 Å². The molecule has 1 atom stereocenters. The molecule has 0 fully saturated rings. The second-order valence-corrected chi connectivity index (χ2v) is 8.50. The standard InChI is InChI=1S/C18H21N5O4S/c1-13(18(24)19-12-14-7-5-4-6-8-14)27-23-17-11-15(28(25,26)22(2)3)9-10-16(17)20-21-23/h4-11,13H,12H2,1-3H3,(H,19,24)/t13-/m0/s1. The number of hydrogen-bond acceptors (Lipinski definition) is 6. The molecule has 0 radical (unpaired) electrons. The molecule has 0 aliphatic rings. The molecule has 0 saturated heterocycles. The van der Waals surface area contributed by atoms with Crippen molar-refractivity contribution in [2.24, 2.45) is 0 Å². The molecule has 2 aromatic carbocycles. The highest BCUT2D eigenvalue weighted by molar-refractivity contribution is 7.89. The van der Waals surface area contributed by atoms with E-state index in [1.807, 2.05) is 30.3 Å². The smallest absolute Gasteiger partial charge is 0.263 e. The third kappa shape index (κ3) is 4.12. The van der Waals surface area contributed by atoms with Gasteiger partial charge in [-0.2, -0.15) is 0 Å². The van der Waals surface area contributed by atoms with Crippen LogP contribution in [0, 0.1) is 0 Å². The fourth-order valence-electron chi connectivity index (χ4n) is 2.45. The van der Waals surface area contributed by atoms with Gasteiger partial charge in [0.15, 0.2) is 0 Å². The zero-order valence-corrected chi connectivity index (χ0v) is 16.5. The van der Waals surface area contributed by atoms with E-state index in [-0.39, 0.29) is 10.8 Å². The van der Waals surface area contributed by atoms with Crippen molar-refractivity contribution in [1.29, 1.82) is 0 Å². The lowest BCUT2D eigenvalue weighted by molar-refractivity contribution is -0.133. The minimum absolute atomic E-state index is 0.0818. The minimum atomic E-state index is -3.62.